The summed E-state index contributed by atoms with van der Waals surface area (Å²) in [6, 6.07) is 10.1. The molecular formula is C23H25ClN2O4S2. The molecular weight excluding hydrogens is 468 g/mol. The minimum Gasteiger partial charge on any atom is -0.376 e. The Bertz CT molecular complexity index is 1190. The van der Waals surface area contributed by atoms with Gasteiger partial charge >= 0.3 is 0 Å². The van der Waals surface area contributed by atoms with Crippen molar-refractivity contribution in [2.75, 3.05) is 23.8 Å². The highest BCUT2D eigenvalue weighted by Gasteiger charge is 2.28. The Labute approximate surface area is 197 Å². The number of hydrogen-bond acceptors (Lipinski definition) is 6. The molecule has 1 saturated heterocycles. The molecule has 2 heterocycles. The number of halogens is 1. The third-order valence-corrected chi connectivity index (χ3v) is 8.83. The molecule has 32 heavy (non-hydrogen) atoms. The molecule has 170 valence electrons. The molecule has 0 bridgehead atoms. The van der Waals surface area contributed by atoms with Gasteiger partial charge in [0.2, 0.25) is 5.91 Å². The van der Waals surface area contributed by atoms with Crippen molar-refractivity contribution in [1.29, 1.82) is 0 Å². The fraction of sp³-hybridized carbons (Fsp3) is 0.391. The van der Waals surface area contributed by atoms with Crippen LogP contribution in [0.25, 0.3) is 10.2 Å². The fourth-order valence-electron chi connectivity index (χ4n) is 3.76. The van der Waals surface area contributed by atoms with Crippen molar-refractivity contribution in [2.45, 2.75) is 44.1 Å². The van der Waals surface area contributed by atoms with Crippen LogP contribution in [0.3, 0.4) is 0 Å². The average Bonchev–Trinajstić information content (AvgIpc) is 3.44. The summed E-state index contributed by atoms with van der Waals surface area (Å²) in [5.74, 6) is -0.550. The average molecular weight is 493 g/mol. The van der Waals surface area contributed by atoms with Crippen molar-refractivity contribution >= 4 is 54.0 Å². The zero-order chi connectivity index (χ0) is 22.9. The summed E-state index contributed by atoms with van der Waals surface area (Å²) in [5, 5.41) is 1.05. The molecule has 0 unspecified atom stereocenters. The van der Waals surface area contributed by atoms with E-state index in [0.717, 1.165) is 34.2 Å². The molecule has 1 aliphatic rings. The summed E-state index contributed by atoms with van der Waals surface area (Å²) < 4.78 is 32.3. The molecule has 9 heteroatoms. The monoisotopic (exact) mass is 492 g/mol. The molecule has 0 saturated carbocycles. The van der Waals surface area contributed by atoms with Gasteiger partial charge in [0.25, 0.3) is 0 Å². The summed E-state index contributed by atoms with van der Waals surface area (Å²) in [4.78, 5) is 19.8. The van der Waals surface area contributed by atoms with Crippen LogP contribution < -0.4 is 4.90 Å². The molecule has 1 amide bonds. The van der Waals surface area contributed by atoms with Gasteiger partial charge in [-0.1, -0.05) is 35.1 Å². The van der Waals surface area contributed by atoms with Gasteiger partial charge in [0, 0.05) is 18.1 Å². The minimum absolute atomic E-state index is 0.0685. The Balaban J connectivity index is 1.59. The lowest BCUT2D eigenvalue weighted by atomic mass is 10.1. The Hall–Kier alpha value is -2.00. The van der Waals surface area contributed by atoms with Gasteiger partial charge < -0.3 is 4.74 Å². The smallest absolute Gasteiger partial charge is 0.229 e. The lowest BCUT2D eigenvalue weighted by molar-refractivity contribution is -0.118. The topological polar surface area (TPSA) is 76.6 Å². The zero-order valence-corrected chi connectivity index (χ0v) is 20.4. The standard InChI is InChI=1S/C23H25ClN2O4S2/c1-15-5-6-16(2)22-21(15)25-23(31-22)26(14-18-4-3-12-30-18)20(27)11-13-32(28,29)19-9-7-17(24)8-10-19/h5-10,18H,3-4,11-14H2,1-2H3/t18-/m1/s1. The van der Waals surface area contributed by atoms with E-state index in [9.17, 15) is 13.2 Å². The first kappa shape index (κ1) is 23.2. The van der Waals surface area contributed by atoms with Gasteiger partial charge in [-0.2, -0.15) is 0 Å². The van der Waals surface area contributed by atoms with Crippen LogP contribution >= 0.6 is 22.9 Å². The van der Waals surface area contributed by atoms with E-state index in [1.165, 1.54) is 35.6 Å². The molecule has 6 nitrogen and oxygen atoms in total. The number of fused-ring (bicyclic) bond motifs is 1. The van der Waals surface area contributed by atoms with Crippen LogP contribution in [0.2, 0.25) is 5.02 Å². The number of anilines is 1. The normalized spacial score (nSPS) is 16.5. The third kappa shape index (κ3) is 4.98. The van der Waals surface area contributed by atoms with Crippen molar-refractivity contribution in [2.24, 2.45) is 0 Å². The van der Waals surface area contributed by atoms with E-state index in [2.05, 4.69) is 0 Å². The van der Waals surface area contributed by atoms with Crippen LogP contribution in [0.1, 0.15) is 30.4 Å². The number of ether oxygens (including phenoxy) is 1. The lowest BCUT2D eigenvalue weighted by Gasteiger charge is -2.23. The summed E-state index contributed by atoms with van der Waals surface area (Å²) in [6.07, 6.45) is 1.62. The van der Waals surface area contributed by atoms with Crippen LogP contribution in [-0.4, -0.2) is 44.3 Å². The van der Waals surface area contributed by atoms with Crippen LogP contribution in [-0.2, 0) is 19.4 Å². The van der Waals surface area contributed by atoms with Gasteiger partial charge in [-0.3, -0.25) is 9.69 Å². The highest BCUT2D eigenvalue weighted by atomic mass is 35.5. The van der Waals surface area contributed by atoms with Crippen LogP contribution in [0.4, 0.5) is 5.13 Å². The van der Waals surface area contributed by atoms with Gasteiger partial charge in [0.15, 0.2) is 15.0 Å². The number of carbonyl (C=O) groups excluding carboxylic acids is 1. The largest absolute Gasteiger partial charge is 0.376 e. The van der Waals surface area contributed by atoms with E-state index in [1.54, 1.807) is 4.90 Å². The minimum atomic E-state index is -3.61. The first-order valence-corrected chi connectivity index (χ1v) is 13.4. The number of rotatable bonds is 7. The highest BCUT2D eigenvalue weighted by molar-refractivity contribution is 7.91. The summed E-state index contributed by atoms with van der Waals surface area (Å²) in [7, 11) is -3.61. The quantitative estimate of drug-likeness (QED) is 0.466. The second-order valence-electron chi connectivity index (χ2n) is 8.04. The predicted octanol–water partition coefficient (Wildman–Crippen LogP) is 4.94. The molecule has 0 N–H and O–H groups in total. The molecule has 0 spiro atoms. The van der Waals surface area contributed by atoms with Gasteiger partial charge in [0.1, 0.15) is 0 Å². The van der Waals surface area contributed by atoms with Gasteiger partial charge in [0.05, 0.1) is 33.5 Å². The van der Waals surface area contributed by atoms with Crippen molar-refractivity contribution in [3.63, 3.8) is 0 Å². The van der Waals surface area contributed by atoms with Crippen LogP contribution in [0, 0.1) is 13.8 Å². The third-order valence-electron chi connectivity index (χ3n) is 5.63. The maximum atomic E-state index is 13.3. The maximum Gasteiger partial charge on any atom is 0.229 e. The zero-order valence-electron chi connectivity index (χ0n) is 18.0. The number of hydrogen-bond donors (Lipinski definition) is 0. The van der Waals surface area contributed by atoms with E-state index in [0.29, 0.717) is 23.3 Å². The number of thiazole rings is 1. The van der Waals surface area contributed by atoms with E-state index in [4.69, 9.17) is 21.3 Å². The second-order valence-corrected chi connectivity index (χ2v) is 11.6. The van der Waals surface area contributed by atoms with E-state index >= 15 is 0 Å². The van der Waals surface area contributed by atoms with Crippen molar-refractivity contribution in [3.8, 4) is 0 Å². The molecule has 0 radical (unpaired) electrons. The number of amides is 1. The van der Waals surface area contributed by atoms with Gasteiger partial charge in [-0.25, -0.2) is 13.4 Å². The molecule has 2 aromatic carbocycles. The summed E-state index contributed by atoms with van der Waals surface area (Å²) >= 11 is 7.33. The van der Waals surface area contributed by atoms with E-state index in [-0.39, 0.29) is 29.1 Å². The SMILES string of the molecule is Cc1ccc(C)c2sc(N(C[C@H]3CCCO3)C(=O)CCS(=O)(=O)c3ccc(Cl)cc3)nc12. The van der Waals surface area contributed by atoms with Crippen LogP contribution in [0.15, 0.2) is 41.3 Å². The Kier molecular flexibility index (Phi) is 6.86. The van der Waals surface area contributed by atoms with Gasteiger partial charge in [-0.05, 0) is 62.1 Å². The first-order chi connectivity index (χ1) is 15.2. The van der Waals surface area contributed by atoms with Gasteiger partial charge in [-0.15, -0.1) is 0 Å². The van der Waals surface area contributed by atoms with E-state index < -0.39 is 9.84 Å². The highest BCUT2D eigenvalue weighted by Crippen LogP contribution is 2.34. The summed E-state index contributed by atoms with van der Waals surface area (Å²) in [5.41, 5.74) is 3.02. The lowest BCUT2D eigenvalue weighted by Crippen LogP contribution is -2.38. The molecule has 1 atom stereocenters. The Morgan fingerprint density at radius 1 is 1.19 bits per heavy atom. The molecule has 4 rings (SSSR count). The van der Waals surface area contributed by atoms with E-state index in [1.807, 2.05) is 26.0 Å². The maximum absolute atomic E-state index is 13.3. The molecule has 1 aliphatic heterocycles. The number of aromatic nitrogens is 1. The number of benzene rings is 2. The number of carbonyl (C=O) groups is 1. The molecule has 3 aromatic rings. The Morgan fingerprint density at radius 3 is 2.56 bits per heavy atom. The summed E-state index contributed by atoms with van der Waals surface area (Å²) in [6.45, 7) is 5.07. The fourth-order valence-corrected chi connectivity index (χ4v) is 6.25. The number of aryl methyl sites for hydroxylation is 2. The second kappa shape index (κ2) is 9.47. The van der Waals surface area contributed by atoms with Crippen molar-refractivity contribution in [3.05, 3.63) is 52.5 Å². The number of nitrogens with zero attached hydrogens (tertiary/aromatic N) is 2. The molecule has 1 fully saturated rings. The molecule has 1 aromatic heterocycles. The first-order valence-electron chi connectivity index (χ1n) is 10.5. The van der Waals surface area contributed by atoms with Crippen molar-refractivity contribution in [1.82, 2.24) is 4.98 Å². The number of sulfone groups is 1. The van der Waals surface area contributed by atoms with Crippen LogP contribution in [0.5, 0.6) is 0 Å². The predicted molar refractivity (Wildman–Crippen MR) is 129 cm³/mol. The molecule has 0 aliphatic carbocycles. The Morgan fingerprint density at radius 2 is 1.91 bits per heavy atom. The van der Waals surface area contributed by atoms with Crippen molar-refractivity contribution < 1.29 is 17.9 Å².